The van der Waals surface area contributed by atoms with E-state index in [2.05, 4.69) is 21.8 Å². The van der Waals surface area contributed by atoms with Gasteiger partial charge in [-0.1, -0.05) is 43.3 Å². The maximum atomic E-state index is 13.1. The van der Waals surface area contributed by atoms with Crippen molar-refractivity contribution in [2.75, 3.05) is 0 Å². The van der Waals surface area contributed by atoms with E-state index in [4.69, 9.17) is 9.52 Å². The molecular weight excluding hydrogens is 438 g/mol. The summed E-state index contributed by atoms with van der Waals surface area (Å²) >= 11 is 0. The zero-order valence-electron chi connectivity index (χ0n) is 18.3. The first-order chi connectivity index (χ1) is 16.0. The lowest BCUT2D eigenvalue weighted by atomic mass is 10.0. The number of fused-ring (bicyclic) bond motifs is 3. The Bertz CT molecular complexity index is 1560. The van der Waals surface area contributed by atoms with Crippen molar-refractivity contribution in [2.24, 2.45) is 0 Å². The second-order valence-electron chi connectivity index (χ2n) is 7.88. The molecule has 2 aromatic carbocycles. The summed E-state index contributed by atoms with van der Waals surface area (Å²) in [5.74, 6) is 1.32. The summed E-state index contributed by atoms with van der Waals surface area (Å²) in [7, 11) is -3.77. The molecule has 0 unspecified atom stereocenters. The molecule has 0 bridgehead atoms. The Balaban J connectivity index is 1.65. The van der Waals surface area contributed by atoms with Crippen LogP contribution in [0.15, 0.2) is 70.2 Å². The molecule has 0 aliphatic heterocycles. The average molecular weight is 462 g/mol. The Labute approximate surface area is 191 Å². The Morgan fingerprint density at radius 2 is 1.85 bits per heavy atom. The fourth-order valence-corrected chi connectivity index (χ4v) is 5.17. The molecule has 168 valence electrons. The molecule has 5 rings (SSSR count). The monoisotopic (exact) mass is 461 g/mol. The molecule has 0 atom stereocenters. The topological polar surface area (TPSA) is 102 Å². The van der Waals surface area contributed by atoms with Gasteiger partial charge in [0.25, 0.3) is 0 Å². The predicted octanol–water partition coefficient (Wildman–Crippen LogP) is 4.28. The highest BCUT2D eigenvalue weighted by atomic mass is 32.2. The first kappa shape index (κ1) is 21.3. The number of nitrogens with one attached hydrogen (secondary N) is 1. The Morgan fingerprint density at radius 1 is 1.03 bits per heavy atom. The fourth-order valence-electron chi connectivity index (χ4n) is 3.91. The predicted molar refractivity (Wildman–Crippen MR) is 125 cm³/mol. The van der Waals surface area contributed by atoms with Crippen molar-refractivity contribution in [2.45, 2.75) is 38.1 Å². The van der Waals surface area contributed by atoms with Crippen LogP contribution in [-0.2, 0) is 23.0 Å². The molecule has 3 heterocycles. The number of rotatable bonds is 7. The first-order valence-corrected chi connectivity index (χ1v) is 12.2. The van der Waals surface area contributed by atoms with Gasteiger partial charge in [0.2, 0.25) is 10.0 Å². The molecule has 3 aromatic heterocycles. The van der Waals surface area contributed by atoms with Crippen LogP contribution in [0.4, 0.5) is 0 Å². The lowest BCUT2D eigenvalue weighted by Crippen LogP contribution is -2.23. The first-order valence-electron chi connectivity index (χ1n) is 10.7. The molecule has 0 saturated heterocycles. The number of sulfonamides is 1. The number of nitrogens with zero attached hydrogens (tertiary/aromatic N) is 4. The number of aromatic nitrogens is 4. The smallest absolute Gasteiger partial charge is 0.241 e. The van der Waals surface area contributed by atoms with Crippen LogP contribution in [-0.4, -0.2) is 28.2 Å². The normalized spacial score (nSPS) is 12.1. The average Bonchev–Trinajstić information content (AvgIpc) is 3.48. The number of aryl methyl sites for hydroxylation is 2. The SMILES string of the molecule is CCCc1nnc2c3ccccc3c(-c3ccc(C)c(S(=O)(=O)NCc4ccco4)c3)nn12. The van der Waals surface area contributed by atoms with Gasteiger partial charge in [-0.15, -0.1) is 10.2 Å². The van der Waals surface area contributed by atoms with E-state index in [-0.39, 0.29) is 11.4 Å². The Kier molecular flexibility index (Phi) is 5.43. The summed E-state index contributed by atoms with van der Waals surface area (Å²) in [6.07, 6.45) is 3.18. The van der Waals surface area contributed by atoms with E-state index in [1.807, 2.05) is 30.3 Å². The molecule has 0 radical (unpaired) electrons. The summed E-state index contributed by atoms with van der Waals surface area (Å²) in [5, 5.41) is 15.3. The molecule has 5 aromatic rings. The molecule has 9 heteroatoms. The van der Waals surface area contributed by atoms with Crippen LogP contribution in [0.2, 0.25) is 0 Å². The van der Waals surface area contributed by atoms with Gasteiger partial charge in [0, 0.05) is 22.8 Å². The van der Waals surface area contributed by atoms with Gasteiger partial charge in [-0.25, -0.2) is 13.1 Å². The third kappa shape index (κ3) is 3.90. The summed E-state index contributed by atoms with van der Waals surface area (Å²) < 4.78 is 35.9. The highest BCUT2D eigenvalue weighted by Gasteiger charge is 2.20. The van der Waals surface area contributed by atoms with Crippen molar-refractivity contribution in [1.29, 1.82) is 0 Å². The van der Waals surface area contributed by atoms with Gasteiger partial charge in [-0.05, 0) is 37.1 Å². The number of hydrogen-bond acceptors (Lipinski definition) is 6. The van der Waals surface area contributed by atoms with E-state index in [9.17, 15) is 8.42 Å². The maximum absolute atomic E-state index is 13.1. The van der Waals surface area contributed by atoms with Gasteiger partial charge >= 0.3 is 0 Å². The lowest BCUT2D eigenvalue weighted by molar-refractivity contribution is 0.498. The molecule has 0 aliphatic rings. The lowest BCUT2D eigenvalue weighted by Gasteiger charge is -2.12. The van der Waals surface area contributed by atoms with Crippen LogP contribution in [0.3, 0.4) is 0 Å². The van der Waals surface area contributed by atoms with Crippen LogP contribution in [0, 0.1) is 6.92 Å². The van der Waals surface area contributed by atoms with Crippen molar-refractivity contribution in [3.8, 4) is 11.3 Å². The molecule has 1 N–H and O–H groups in total. The minimum atomic E-state index is -3.77. The van der Waals surface area contributed by atoms with E-state index >= 15 is 0 Å². The molecule has 0 amide bonds. The van der Waals surface area contributed by atoms with Gasteiger partial charge in [-0.2, -0.15) is 9.61 Å². The van der Waals surface area contributed by atoms with Crippen molar-refractivity contribution in [3.63, 3.8) is 0 Å². The summed E-state index contributed by atoms with van der Waals surface area (Å²) in [5.41, 5.74) is 2.72. The van der Waals surface area contributed by atoms with Gasteiger partial charge in [-0.3, -0.25) is 0 Å². The van der Waals surface area contributed by atoms with E-state index in [1.165, 1.54) is 6.26 Å². The molecule has 0 saturated carbocycles. The second kappa shape index (κ2) is 8.42. The Morgan fingerprint density at radius 3 is 2.61 bits per heavy atom. The molecule has 33 heavy (non-hydrogen) atoms. The largest absolute Gasteiger partial charge is 0.468 e. The molecular formula is C24H23N5O3S. The van der Waals surface area contributed by atoms with Gasteiger partial charge < -0.3 is 4.42 Å². The second-order valence-corrected chi connectivity index (χ2v) is 9.62. The van der Waals surface area contributed by atoms with Crippen molar-refractivity contribution in [3.05, 3.63) is 78.0 Å². The van der Waals surface area contributed by atoms with Crippen molar-refractivity contribution < 1.29 is 12.8 Å². The molecule has 8 nitrogen and oxygen atoms in total. The van der Waals surface area contributed by atoms with E-state index in [0.29, 0.717) is 28.2 Å². The zero-order valence-corrected chi connectivity index (χ0v) is 19.1. The van der Waals surface area contributed by atoms with Crippen LogP contribution in [0.1, 0.15) is 30.5 Å². The summed E-state index contributed by atoms with van der Waals surface area (Å²) in [4.78, 5) is 0.204. The van der Waals surface area contributed by atoms with Crippen LogP contribution in [0.25, 0.3) is 27.7 Å². The van der Waals surface area contributed by atoms with Crippen LogP contribution < -0.4 is 4.72 Å². The molecule has 0 spiro atoms. The van der Waals surface area contributed by atoms with E-state index in [1.54, 1.807) is 35.7 Å². The minimum Gasteiger partial charge on any atom is -0.468 e. The van der Waals surface area contributed by atoms with Crippen LogP contribution >= 0.6 is 0 Å². The third-order valence-corrected chi connectivity index (χ3v) is 7.11. The maximum Gasteiger partial charge on any atom is 0.241 e. The quantitative estimate of drug-likeness (QED) is 0.388. The molecule has 0 fully saturated rings. The van der Waals surface area contributed by atoms with Gasteiger partial charge in [0.05, 0.1) is 23.4 Å². The number of benzene rings is 2. The highest BCUT2D eigenvalue weighted by Crippen LogP contribution is 2.31. The summed E-state index contributed by atoms with van der Waals surface area (Å²) in [6, 6.07) is 16.6. The van der Waals surface area contributed by atoms with Crippen molar-refractivity contribution >= 4 is 26.4 Å². The van der Waals surface area contributed by atoms with Crippen molar-refractivity contribution in [1.82, 2.24) is 24.5 Å². The zero-order chi connectivity index (χ0) is 23.0. The Hall–Kier alpha value is -3.56. The van der Waals surface area contributed by atoms with Gasteiger partial charge in [0.1, 0.15) is 5.76 Å². The van der Waals surface area contributed by atoms with E-state index in [0.717, 1.165) is 29.4 Å². The van der Waals surface area contributed by atoms with Gasteiger partial charge in [0.15, 0.2) is 11.5 Å². The number of hydrogen-bond donors (Lipinski definition) is 1. The molecule has 0 aliphatic carbocycles. The third-order valence-electron chi connectivity index (χ3n) is 5.57. The summed E-state index contributed by atoms with van der Waals surface area (Å²) in [6.45, 7) is 3.93. The number of furan rings is 1. The highest BCUT2D eigenvalue weighted by molar-refractivity contribution is 7.89. The van der Waals surface area contributed by atoms with Crippen LogP contribution in [0.5, 0.6) is 0 Å². The van der Waals surface area contributed by atoms with E-state index < -0.39 is 10.0 Å². The fraction of sp³-hybridized carbons (Fsp3) is 0.208. The minimum absolute atomic E-state index is 0.0766. The standard InChI is InChI=1S/C24H23N5O3S/c1-3-7-22-26-27-24-20-10-5-4-9-19(20)23(28-29(22)24)17-12-11-16(2)21(14-17)33(30,31)25-15-18-8-6-13-32-18/h4-6,8-14,25H,3,7,15H2,1-2H3.